The summed E-state index contributed by atoms with van der Waals surface area (Å²) in [5, 5.41) is 2.78. The molecular formula is C17H19NO3. The SMILES string of the molecule is C=C(C)COCCNC(=O)c1occc1-c1ccccc1. The van der Waals surface area contributed by atoms with Crippen LogP contribution in [0.15, 0.2) is 59.2 Å². The minimum atomic E-state index is -0.238. The Morgan fingerprint density at radius 1 is 1.29 bits per heavy atom. The van der Waals surface area contributed by atoms with Gasteiger partial charge < -0.3 is 14.5 Å². The van der Waals surface area contributed by atoms with E-state index in [9.17, 15) is 4.79 Å². The van der Waals surface area contributed by atoms with E-state index in [0.717, 1.165) is 16.7 Å². The predicted molar refractivity (Wildman–Crippen MR) is 82.1 cm³/mol. The van der Waals surface area contributed by atoms with Crippen molar-refractivity contribution in [1.29, 1.82) is 0 Å². The molecule has 4 heteroatoms. The van der Waals surface area contributed by atoms with Crippen molar-refractivity contribution in [1.82, 2.24) is 5.32 Å². The highest BCUT2D eigenvalue weighted by molar-refractivity contribution is 5.98. The third kappa shape index (κ3) is 4.33. The van der Waals surface area contributed by atoms with E-state index >= 15 is 0 Å². The van der Waals surface area contributed by atoms with Crippen molar-refractivity contribution < 1.29 is 13.9 Å². The lowest BCUT2D eigenvalue weighted by Gasteiger charge is -2.06. The number of rotatable bonds is 7. The molecule has 0 aliphatic carbocycles. The highest BCUT2D eigenvalue weighted by Crippen LogP contribution is 2.24. The van der Waals surface area contributed by atoms with Gasteiger partial charge in [-0.2, -0.15) is 0 Å². The maximum absolute atomic E-state index is 12.1. The molecule has 1 amide bonds. The second-order valence-corrected chi connectivity index (χ2v) is 4.80. The van der Waals surface area contributed by atoms with Crippen LogP contribution in [-0.2, 0) is 4.74 Å². The summed E-state index contributed by atoms with van der Waals surface area (Å²) < 4.78 is 10.6. The number of hydrogen-bond acceptors (Lipinski definition) is 3. The Hall–Kier alpha value is -2.33. The van der Waals surface area contributed by atoms with Gasteiger partial charge in [0.25, 0.3) is 5.91 Å². The van der Waals surface area contributed by atoms with E-state index in [4.69, 9.17) is 9.15 Å². The molecule has 0 fully saturated rings. The molecule has 0 saturated heterocycles. The molecule has 21 heavy (non-hydrogen) atoms. The molecule has 0 spiro atoms. The van der Waals surface area contributed by atoms with Crippen molar-refractivity contribution in [3.8, 4) is 11.1 Å². The average Bonchev–Trinajstić information content (AvgIpc) is 2.97. The zero-order valence-corrected chi connectivity index (χ0v) is 12.1. The first kappa shape index (κ1) is 15.1. The fraction of sp³-hybridized carbons (Fsp3) is 0.235. The number of nitrogens with one attached hydrogen (secondary N) is 1. The molecule has 2 aromatic rings. The summed E-state index contributed by atoms with van der Waals surface area (Å²) in [5.74, 6) is 0.0823. The second kappa shape index (κ2) is 7.45. The quantitative estimate of drug-likeness (QED) is 0.627. The Kier molecular flexibility index (Phi) is 5.35. The van der Waals surface area contributed by atoms with Crippen LogP contribution in [0.25, 0.3) is 11.1 Å². The second-order valence-electron chi connectivity index (χ2n) is 4.80. The summed E-state index contributed by atoms with van der Waals surface area (Å²) in [6, 6.07) is 11.5. The molecule has 1 heterocycles. The Morgan fingerprint density at radius 3 is 2.76 bits per heavy atom. The number of amides is 1. The minimum absolute atomic E-state index is 0.238. The highest BCUT2D eigenvalue weighted by atomic mass is 16.5. The van der Waals surface area contributed by atoms with Gasteiger partial charge in [0.15, 0.2) is 5.76 Å². The third-order valence-electron chi connectivity index (χ3n) is 2.84. The van der Waals surface area contributed by atoms with Crippen LogP contribution < -0.4 is 5.32 Å². The number of ether oxygens (including phenoxy) is 1. The molecule has 4 nitrogen and oxygen atoms in total. The molecule has 1 aromatic carbocycles. The van der Waals surface area contributed by atoms with Crippen molar-refractivity contribution in [3.05, 3.63) is 60.6 Å². The summed E-state index contributed by atoms with van der Waals surface area (Å²) in [5.41, 5.74) is 2.70. The Balaban J connectivity index is 1.92. The summed E-state index contributed by atoms with van der Waals surface area (Å²) in [4.78, 5) is 12.1. The lowest BCUT2D eigenvalue weighted by atomic mass is 10.1. The van der Waals surface area contributed by atoms with Crippen LogP contribution >= 0.6 is 0 Å². The smallest absolute Gasteiger partial charge is 0.287 e. The first-order valence-electron chi connectivity index (χ1n) is 6.81. The normalized spacial score (nSPS) is 10.3. The van der Waals surface area contributed by atoms with Crippen LogP contribution in [0.5, 0.6) is 0 Å². The molecule has 1 aromatic heterocycles. The van der Waals surface area contributed by atoms with Gasteiger partial charge in [0.1, 0.15) is 0 Å². The molecule has 0 atom stereocenters. The topological polar surface area (TPSA) is 51.5 Å². The van der Waals surface area contributed by atoms with Gasteiger partial charge in [0, 0.05) is 12.1 Å². The summed E-state index contributed by atoms with van der Waals surface area (Å²) in [7, 11) is 0. The minimum Gasteiger partial charge on any atom is -0.459 e. The first-order chi connectivity index (χ1) is 10.2. The van der Waals surface area contributed by atoms with E-state index < -0.39 is 0 Å². The van der Waals surface area contributed by atoms with Crippen LogP contribution in [0.4, 0.5) is 0 Å². The van der Waals surface area contributed by atoms with Gasteiger partial charge >= 0.3 is 0 Å². The largest absolute Gasteiger partial charge is 0.459 e. The summed E-state index contributed by atoms with van der Waals surface area (Å²) in [6.07, 6.45) is 1.52. The number of hydrogen-bond donors (Lipinski definition) is 1. The Labute approximate surface area is 124 Å². The van der Waals surface area contributed by atoms with Gasteiger partial charge in [-0.3, -0.25) is 4.79 Å². The van der Waals surface area contributed by atoms with Crippen LogP contribution in [-0.4, -0.2) is 25.7 Å². The molecule has 110 valence electrons. The average molecular weight is 285 g/mol. The summed E-state index contributed by atoms with van der Waals surface area (Å²) in [6.45, 7) is 7.02. The Morgan fingerprint density at radius 2 is 2.05 bits per heavy atom. The molecule has 0 radical (unpaired) electrons. The van der Waals surface area contributed by atoms with Crippen molar-refractivity contribution in [2.75, 3.05) is 19.8 Å². The molecule has 0 bridgehead atoms. The van der Waals surface area contributed by atoms with E-state index in [0.29, 0.717) is 25.5 Å². The van der Waals surface area contributed by atoms with Crippen molar-refractivity contribution in [2.45, 2.75) is 6.92 Å². The molecule has 1 N–H and O–H groups in total. The maximum Gasteiger partial charge on any atom is 0.287 e. The van der Waals surface area contributed by atoms with Gasteiger partial charge in [-0.05, 0) is 18.6 Å². The van der Waals surface area contributed by atoms with Crippen molar-refractivity contribution in [3.63, 3.8) is 0 Å². The fourth-order valence-corrected chi connectivity index (χ4v) is 1.89. The predicted octanol–water partition coefficient (Wildman–Crippen LogP) is 3.27. The first-order valence-corrected chi connectivity index (χ1v) is 6.81. The molecule has 0 unspecified atom stereocenters. The van der Waals surface area contributed by atoms with E-state index in [2.05, 4.69) is 11.9 Å². The van der Waals surface area contributed by atoms with Gasteiger partial charge in [0.05, 0.1) is 19.5 Å². The van der Waals surface area contributed by atoms with Crippen molar-refractivity contribution >= 4 is 5.91 Å². The molecule has 0 saturated carbocycles. The van der Waals surface area contributed by atoms with E-state index in [-0.39, 0.29) is 5.91 Å². The zero-order chi connectivity index (χ0) is 15.1. The van der Waals surface area contributed by atoms with Gasteiger partial charge in [-0.1, -0.05) is 42.5 Å². The number of carbonyl (C=O) groups is 1. The standard InChI is InChI=1S/C17H19NO3/c1-13(2)12-20-11-9-18-17(19)16-15(8-10-21-16)14-6-4-3-5-7-14/h3-8,10H,1,9,11-12H2,2H3,(H,18,19). The fourth-order valence-electron chi connectivity index (χ4n) is 1.89. The molecular weight excluding hydrogens is 266 g/mol. The highest BCUT2D eigenvalue weighted by Gasteiger charge is 2.15. The molecule has 0 aliphatic rings. The Bertz CT molecular complexity index is 602. The number of furan rings is 1. The van der Waals surface area contributed by atoms with E-state index in [1.165, 1.54) is 6.26 Å². The van der Waals surface area contributed by atoms with Crippen LogP contribution in [0.1, 0.15) is 17.5 Å². The van der Waals surface area contributed by atoms with E-state index in [1.54, 1.807) is 6.07 Å². The van der Waals surface area contributed by atoms with Gasteiger partial charge in [-0.25, -0.2) is 0 Å². The van der Waals surface area contributed by atoms with Crippen LogP contribution in [0, 0.1) is 0 Å². The lowest BCUT2D eigenvalue weighted by Crippen LogP contribution is -2.27. The van der Waals surface area contributed by atoms with Crippen molar-refractivity contribution in [2.24, 2.45) is 0 Å². The van der Waals surface area contributed by atoms with Crippen LogP contribution in [0.3, 0.4) is 0 Å². The molecule has 0 aliphatic heterocycles. The monoisotopic (exact) mass is 285 g/mol. The maximum atomic E-state index is 12.1. The zero-order valence-electron chi connectivity index (χ0n) is 12.1. The van der Waals surface area contributed by atoms with Crippen LogP contribution in [0.2, 0.25) is 0 Å². The lowest BCUT2D eigenvalue weighted by molar-refractivity contribution is 0.0900. The number of benzene rings is 1. The summed E-state index contributed by atoms with van der Waals surface area (Å²) >= 11 is 0. The molecule has 2 rings (SSSR count). The third-order valence-corrected chi connectivity index (χ3v) is 2.84. The van der Waals surface area contributed by atoms with Gasteiger partial charge in [-0.15, -0.1) is 0 Å². The number of carbonyl (C=O) groups excluding carboxylic acids is 1. The van der Waals surface area contributed by atoms with Gasteiger partial charge in [0.2, 0.25) is 0 Å². The van der Waals surface area contributed by atoms with E-state index in [1.807, 2.05) is 37.3 Å².